The molecule has 3 heterocycles. The lowest BCUT2D eigenvalue weighted by Gasteiger charge is -2.31. The first-order chi connectivity index (χ1) is 14.8. The van der Waals surface area contributed by atoms with Crippen LogP contribution in [0.5, 0.6) is 0 Å². The molecule has 31 heavy (non-hydrogen) atoms. The van der Waals surface area contributed by atoms with Gasteiger partial charge in [-0.3, -0.25) is 9.69 Å². The fourth-order valence-electron chi connectivity index (χ4n) is 4.33. The zero-order valence-electron chi connectivity index (χ0n) is 17.8. The molecule has 0 saturated carbocycles. The molecule has 1 fully saturated rings. The van der Waals surface area contributed by atoms with Crippen molar-refractivity contribution >= 4 is 21.7 Å². The minimum absolute atomic E-state index is 0.0697. The lowest BCUT2D eigenvalue weighted by molar-refractivity contribution is -0.117. The van der Waals surface area contributed by atoms with Crippen molar-refractivity contribution in [1.29, 1.82) is 0 Å². The molecule has 1 atom stereocenters. The number of hydrogen-bond acceptors (Lipinski definition) is 5. The Balaban J connectivity index is 1.59. The second-order valence-corrected chi connectivity index (χ2v) is 10.4. The molecule has 1 amide bonds. The van der Waals surface area contributed by atoms with Gasteiger partial charge in [0.05, 0.1) is 12.2 Å². The van der Waals surface area contributed by atoms with Gasteiger partial charge in [-0.15, -0.1) is 0 Å². The summed E-state index contributed by atoms with van der Waals surface area (Å²) in [6.07, 6.45) is 2.18. The number of benzene rings is 1. The Kier molecular flexibility index (Phi) is 6.07. The number of amides is 1. The van der Waals surface area contributed by atoms with Gasteiger partial charge in [-0.05, 0) is 44.7 Å². The second-order valence-electron chi connectivity index (χ2n) is 8.13. The standard InChI is InChI=1S/C22H27FN4O3S/c1-3-31(29,30)26-11-6-8-17(14-26)21-24-15(2)18-13-20(28)27(22(18)25-21)12-10-16-7-4-5-9-19(16)23/h4-5,7,9,17H,3,6,8,10-14H2,1-2H3. The molecule has 4 rings (SSSR count). The number of fused-ring (bicyclic) bond motifs is 1. The van der Waals surface area contributed by atoms with Crippen LogP contribution in [-0.2, 0) is 27.7 Å². The fourth-order valence-corrected chi connectivity index (χ4v) is 5.51. The molecule has 1 saturated heterocycles. The highest BCUT2D eigenvalue weighted by molar-refractivity contribution is 7.89. The smallest absolute Gasteiger partial charge is 0.232 e. The highest BCUT2D eigenvalue weighted by Crippen LogP contribution is 2.33. The van der Waals surface area contributed by atoms with Crippen molar-refractivity contribution in [3.63, 3.8) is 0 Å². The van der Waals surface area contributed by atoms with Gasteiger partial charge in [-0.1, -0.05) is 18.2 Å². The summed E-state index contributed by atoms with van der Waals surface area (Å²) in [4.78, 5) is 23.7. The van der Waals surface area contributed by atoms with E-state index < -0.39 is 10.0 Å². The molecular weight excluding hydrogens is 419 g/mol. The summed E-state index contributed by atoms with van der Waals surface area (Å²) in [5, 5.41) is 0. The van der Waals surface area contributed by atoms with Crippen molar-refractivity contribution in [2.75, 3.05) is 30.3 Å². The number of aromatic nitrogens is 2. The normalized spacial score (nSPS) is 19.6. The average molecular weight is 447 g/mol. The van der Waals surface area contributed by atoms with Gasteiger partial charge in [0.25, 0.3) is 0 Å². The summed E-state index contributed by atoms with van der Waals surface area (Å²) < 4.78 is 40.2. The minimum atomic E-state index is -3.27. The van der Waals surface area contributed by atoms with Crippen molar-refractivity contribution in [3.05, 3.63) is 52.7 Å². The van der Waals surface area contributed by atoms with E-state index in [1.807, 2.05) is 6.92 Å². The Hall–Kier alpha value is -2.39. The van der Waals surface area contributed by atoms with Gasteiger partial charge in [0, 0.05) is 36.8 Å². The maximum absolute atomic E-state index is 14.0. The van der Waals surface area contributed by atoms with Crippen LogP contribution in [0.3, 0.4) is 0 Å². The summed E-state index contributed by atoms with van der Waals surface area (Å²) in [5.74, 6) is 0.774. The molecule has 7 nitrogen and oxygen atoms in total. The van der Waals surface area contributed by atoms with Gasteiger partial charge in [-0.25, -0.2) is 27.1 Å². The van der Waals surface area contributed by atoms with E-state index in [1.165, 1.54) is 10.4 Å². The van der Waals surface area contributed by atoms with Crippen LogP contribution in [0.1, 0.15) is 48.3 Å². The van der Waals surface area contributed by atoms with Crippen molar-refractivity contribution < 1.29 is 17.6 Å². The second kappa shape index (κ2) is 8.63. The summed E-state index contributed by atoms with van der Waals surface area (Å²) in [7, 11) is -3.27. The highest BCUT2D eigenvalue weighted by atomic mass is 32.2. The Morgan fingerprint density at radius 3 is 2.74 bits per heavy atom. The molecule has 0 spiro atoms. The third-order valence-corrected chi connectivity index (χ3v) is 8.01. The largest absolute Gasteiger partial charge is 0.296 e. The number of aryl methyl sites for hydroxylation is 1. The number of nitrogens with zero attached hydrogens (tertiary/aromatic N) is 4. The SMILES string of the molecule is CCS(=O)(=O)N1CCCC(c2nc(C)c3c(n2)N(CCc2ccccc2F)C(=O)C3)C1. The van der Waals surface area contributed by atoms with E-state index in [4.69, 9.17) is 4.98 Å². The number of hydrogen-bond donors (Lipinski definition) is 0. The molecule has 0 aliphatic carbocycles. The monoisotopic (exact) mass is 446 g/mol. The van der Waals surface area contributed by atoms with E-state index in [1.54, 1.807) is 30.0 Å². The number of anilines is 1. The first-order valence-electron chi connectivity index (χ1n) is 10.7. The lowest BCUT2D eigenvalue weighted by atomic mass is 9.98. The highest BCUT2D eigenvalue weighted by Gasteiger charge is 2.34. The summed E-state index contributed by atoms with van der Waals surface area (Å²) in [6, 6.07) is 6.56. The van der Waals surface area contributed by atoms with E-state index in [-0.39, 0.29) is 29.8 Å². The molecule has 1 aromatic carbocycles. The Bertz CT molecular complexity index is 1110. The molecule has 1 aromatic heterocycles. The van der Waals surface area contributed by atoms with Gasteiger partial charge < -0.3 is 0 Å². The number of carbonyl (C=O) groups excluding carboxylic acids is 1. The third kappa shape index (κ3) is 4.34. The number of piperidine rings is 1. The van der Waals surface area contributed by atoms with Crippen LogP contribution in [-0.4, -0.2) is 54.0 Å². The van der Waals surface area contributed by atoms with Crippen molar-refractivity contribution in [3.8, 4) is 0 Å². The lowest BCUT2D eigenvalue weighted by Crippen LogP contribution is -2.40. The molecule has 2 aromatic rings. The van der Waals surface area contributed by atoms with Crippen molar-refractivity contribution in [2.45, 2.75) is 45.4 Å². The minimum Gasteiger partial charge on any atom is -0.296 e. The van der Waals surface area contributed by atoms with Gasteiger partial charge in [0.15, 0.2) is 0 Å². The molecule has 1 unspecified atom stereocenters. The van der Waals surface area contributed by atoms with Crippen LogP contribution in [0, 0.1) is 12.7 Å². The van der Waals surface area contributed by atoms with Gasteiger partial charge >= 0.3 is 0 Å². The molecule has 2 aliphatic heterocycles. The first-order valence-corrected chi connectivity index (χ1v) is 12.3. The maximum Gasteiger partial charge on any atom is 0.232 e. The third-order valence-electron chi connectivity index (χ3n) is 6.16. The van der Waals surface area contributed by atoms with Crippen LogP contribution < -0.4 is 4.90 Å². The summed E-state index contributed by atoms with van der Waals surface area (Å²) in [5.41, 5.74) is 2.11. The Labute approximate surface area is 182 Å². The van der Waals surface area contributed by atoms with E-state index in [0.717, 1.165) is 24.1 Å². The Morgan fingerprint density at radius 2 is 2.00 bits per heavy atom. The van der Waals surface area contributed by atoms with E-state index in [2.05, 4.69) is 4.98 Å². The van der Waals surface area contributed by atoms with Crippen molar-refractivity contribution in [1.82, 2.24) is 14.3 Å². The van der Waals surface area contributed by atoms with Crippen LogP contribution in [0.2, 0.25) is 0 Å². The predicted octanol–water partition coefficient (Wildman–Crippen LogP) is 2.59. The Morgan fingerprint density at radius 1 is 1.23 bits per heavy atom. The van der Waals surface area contributed by atoms with Crippen LogP contribution in [0.25, 0.3) is 0 Å². The summed E-state index contributed by atoms with van der Waals surface area (Å²) in [6.45, 7) is 4.72. The van der Waals surface area contributed by atoms with E-state index in [9.17, 15) is 17.6 Å². The quantitative estimate of drug-likeness (QED) is 0.681. The first kappa shape index (κ1) is 21.8. The molecule has 9 heteroatoms. The number of sulfonamides is 1. The predicted molar refractivity (Wildman–Crippen MR) is 116 cm³/mol. The van der Waals surface area contributed by atoms with E-state index >= 15 is 0 Å². The molecular formula is C22H27FN4O3S. The summed E-state index contributed by atoms with van der Waals surface area (Å²) >= 11 is 0. The maximum atomic E-state index is 14.0. The molecule has 2 aliphatic rings. The van der Waals surface area contributed by atoms with Crippen LogP contribution in [0.4, 0.5) is 10.2 Å². The molecule has 166 valence electrons. The average Bonchev–Trinajstić information content (AvgIpc) is 3.09. The van der Waals surface area contributed by atoms with Crippen LogP contribution >= 0.6 is 0 Å². The number of carbonyl (C=O) groups is 1. The number of halogens is 1. The van der Waals surface area contributed by atoms with Gasteiger partial charge in [0.2, 0.25) is 15.9 Å². The molecule has 0 radical (unpaired) electrons. The zero-order valence-corrected chi connectivity index (χ0v) is 18.7. The zero-order chi connectivity index (χ0) is 22.2. The van der Waals surface area contributed by atoms with Gasteiger partial charge in [0.1, 0.15) is 17.5 Å². The fraction of sp³-hybridized carbons (Fsp3) is 0.500. The van der Waals surface area contributed by atoms with E-state index in [0.29, 0.717) is 43.3 Å². The number of rotatable bonds is 6. The molecule has 0 bridgehead atoms. The molecule has 0 N–H and O–H groups in total. The van der Waals surface area contributed by atoms with Gasteiger partial charge in [-0.2, -0.15) is 0 Å². The van der Waals surface area contributed by atoms with Crippen LogP contribution in [0.15, 0.2) is 24.3 Å². The van der Waals surface area contributed by atoms with Crippen molar-refractivity contribution in [2.24, 2.45) is 0 Å². The topological polar surface area (TPSA) is 83.5 Å².